The number of benzene rings is 5. The lowest BCUT2D eigenvalue weighted by Gasteiger charge is -2.32. The van der Waals surface area contributed by atoms with Gasteiger partial charge in [0.05, 0.1) is 11.2 Å². The monoisotopic (exact) mass is 512 g/mol. The van der Waals surface area contributed by atoms with E-state index in [2.05, 4.69) is 146 Å². The predicted molar refractivity (Wildman–Crippen MR) is 167 cm³/mol. The SMILES string of the molecule is CC(C)(C)c1ccc(-c2c3ccccc3c(-c3ccccc3B3OC(C)(C)C(C)(C)O3)c3ccccc23)cc1. The van der Waals surface area contributed by atoms with Crippen LogP contribution in [-0.2, 0) is 14.7 Å². The molecule has 0 amide bonds. The highest BCUT2D eigenvalue weighted by molar-refractivity contribution is 6.64. The van der Waals surface area contributed by atoms with Crippen LogP contribution in [0.15, 0.2) is 97.1 Å². The molecule has 0 aromatic heterocycles. The Morgan fingerprint density at radius 3 is 1.46 bits per heavy atom. The summed E-state index contributed by atoms with van der Waals surface area (Å²) in [5.41, 5.74) is 6.60. The molecule has 5 aromatic rings. The minimum Gasteiger partial charge on any atom is -0.399 e. The van der Waals surface area contributed by atoms with Crippen LogP contribution >= 0.6 is 0 Å². The van der Waals surface area contributed by atoms with Gasteiger partial charge in [-0.15, -0.1) is 0 Å². The summed E-state index contributed by atoms with van der Waals surface area (Å²) >= 11 is 0. The standard InChI is InChI=1S/C36H37BO2/c1-34(2,3)25-22-20-24(21-23-25)32-26-14-8-10-16-28(26)33(29-17-11-9-15-27(29)32)30-18-12-13-19-31(30)37-38-35(4,5)36(6,7)39-37/h8-23H,1-7H3. The van der Waals surface area contributed by atoms with Crippen LogP contribution in [0.1, 0.15) is 54.0 Å². The summed E-state index contributed by atoms with van der Waals surface area (Å²) in [7, 11) is -0.437. The number of fused-ring (bicyclic) bond motifs is 2. The van der Waals surface area contributed by atoms with Crippen LogP contribution in [0.4, 0.5) is 0 Å². The Morgan fingerprint density at radius 2 is 0.974 bits per heavy atom. The van der Waals surface area contributed by atoms with E-state index >= 15 is 0 Å². The number of rotatable bonds is 3. The van der Waals surface area contributed by atoms with Crippen molar-refractivity contribution in [1.82, 2.24) is 0 Å². The topological polar surface area (TPSA) is 18.5 Å². The molecule has 1 aliphatic heterocycles. The summed E-state index contributed by atoms with van der Waals surface area (Å²) in [5.74, 6) is 0. The van der Waals surface area contributed by atoms with Crippen molar-refractivity contribution in [3.8, 4) is 22.3 Å². The Morgan fingerprint density at radius 1 is 0.538 bits per heavy atom. The predicted octanol–water partition coefficient (Wildman–Crippen LogP) is 8.92. The minimum absolute atomic E-state index is 0.115. The Balaban J connectivity index is 1.63. The van der Waals surface area contributed by atoms with Crippen molar-refractivity contribution in [2.45, 2.75) is 65.1 Å². The van der Waals surface area contributed by atoms with Gasteiger partial charge in [0.1, 0.15) is 0 Å². The van der Waals surface area contributed by atoms with Gasteiger partial charge in [-0.05, 0) is 87.9 Å². The molecule has 39 heavy (non-hydrogen) atoms. The molecule has 1 saturated heterocycles. The highest BCUT2D eigenvalue weighted by atomic mass is 16.7. The maximum atomic E-state index is 6.55. The summed E-state index contributed by atoms with van der Waals surface area (Å²) in [6.45, 7) is 15.2. The second kappa shape index (κ2) is 9.08. The van der Waals surface area contributed by atoms with Crippen molar-refractivity contribution in [1.29, 1.82) is 0 Å². The van der Waals surface area contributed by atoms with Crippen LogP contribution in [0, 0.1) is 0 Å². The van der Waals surface area contributed by atoms with E-state index in [1.807, 2.05) is 0 Å². The average molecular weight is 513 g/mol. The molecule has 0 saturated carbocycles. The molecule has 0 radical (unpaired) electrons. The molecule has 0 N–H and O–H groups in total. The molecule has 0 aliphatic carbocycles. The second-order valence-electron chi connectivity index (χ2n) is 12.8. The van der Waals surface area contributed by atoms with E-state index < -0.39 is 18.3 Å². The van der Waals surface area contributed by atoms with E-state index in [9.17, 15) is 0 Å². The lowest BCUT2D eigenvalue weighted by Crippen LogP contribution is -2.41. The molecule has 1 aliphatic rings. The first-order valence-corrected chi connectivity index (χ1v) is 14.0. The molecular weight excluding hydrogens is 475 g/mol. The molecule has 5 aromatic carbocycles. The van der Waals surface area contributed by atoms with Crippen molar-refractivity contribution in [3.05, 3.63) is 103 Å². The van der Waals surface area contributed by atoms with Crippen LogP contribution in [0.25, 0.3) is 43.8 Å². The molecule has 0 bridgehead atoms. The van der Waals surface area contributed by atoms with Gasteiger partial charge in [0.15, 0.2) is 0 Å². The third-order valence-electron chi connectivity index (χ3n) is 8.71. The van der Waals surface area contributed by atoms with E-state index in [4.69, 9.17) is 9.31 Å². The molecule has 2 nitrogen and oxygen atoms in total. The van der Waals surface area contributed by atoms with Crippen LogP contribution in [0.5, 0.6) is 0 Å². The van der Waals surface area contributed by atoms with Gasteiger partial charge < -0.3 is 9.31 Å². The highest BCUT2D eigenvalue weighted by Crippen LogP contribution is 2.44. The Bertz CT molecular complexity index is 1620. The largest absolute Gasteiger partial charge is 0.495 e. The quantitative estimate of drug-likeness (QED) is 0.178. The van der Waals surface area contributed by atoms with Crippen LogP contribution in [-0.4, -0.2) is 18.3 Å². The molecule has 1 heterocycles. The lowest BCUT2D eigenvalue weighted by atomic mass is 9.73. The molecular formula is C36H37BO2. The normalized spacial score (nSPS) is 16.7. The van der Waals surface area contributed by atoms with E-state index in [1.165, 1.54) is 43.8 Å². The zero-order valence-corrected chi connectivity index (χ0v) is 24.1. The van der Waals surface area contributed by atoms with Gasteiger partial charge in [0.2, 0.25) is 0 Å². The van der Waals surface area contributed by atoms with Gasteiger partial charge in [-0.2, -0.15) is 0 Å². The van der Waals surface area contributed by atoms with Crippen molar-refractivity contribution >= 4 is 34.1 Å². The third kappa shape index (κ3) is 4.29. The van der Waals surface area contributed by atoms with Crippen molar-refractivity contribution in [2.24, 2.45) is 0 Å². The Hall–Kier alpha value is -3.40. The minimum atomic E-state index is -0.437. The molecule has 196 valence electrons. The number of hydrogen-bond donors (Lipinski definition) is 0. The fourth-order valence-corrected chi connectivity index (χ4v) is 5.77. The highest BCUT2D eigenvalue weighted by Gasteiger charge is 2.52. The van der Waals surface area contributed by atoms with Crippen molar-refractivity contribution in [2.75, 3.05) is 0 Å². The maximum absolute atomic E-state index is 6.55. The first kappa shape index (κ1) is 25.9. The zero-order chi connectivity index (χ0) is 27.6. The maximum Gasteiger partial charge on any atom is 0.495 e. The van der Waals surface area contributed by atoms with Crippen LogP contribution in [0.2, 0.25) is 0 Å². The van der Waals surface area contributed by atoms with E-state index in [0.717, 1.165) is 11.0 Å². The molecule has 3 heteroatoms. The van der Waals surface area contributed by atoms with Gasteiger partial charge in [0, 0.05) is 0 Å². The molecule has 1 fully saturated rings. The third-order valence-corrected chi connectivity index (χ3v) is 8.71. The summed E-state index contributed by atoms with van der Waals surface area (Å²) in [5, 5.41) is 4.96. The van der Waals surface area contributed by atoms with Crippen LogP contribution in [0.3, 0.4) is 0 Å². The molecule has 0 spiro atoms. The summed E-state index contributed by atoms with van der Waals surface area (Å²) in [6, 6.07) is 35.3. The average Bonchev–Trinajstić information content (AvgIpc) is 3.13. The van der Waals surface area contributed by atoms with Crippen molar-refractivity contribution in [3.63, 3.8) is 0 Å². The van der Waals surface area contributed by atoms with E-state index in [-0.39, 0.29) is 5.41 Å². The van der Waals surface area contributed by atoms with Gasteiger partial charge in [-0.1, -0.05) is 118 Å². The van der Waals surface area contributed by atoms with E-state index in [1.54, 1.807) is 0 Å². The summed E-state index contributed by atoms with van der Waals surface area (Å²) in [6.07, 6.45) is 0. The molecule has 0 unspecified atom stereocenters. The van der Waals surface area contributed by atoms with Crippen molar-refractivity contribution < 1.29 is 9.31 Å². The van der Waals surface area contributed by atoms with Gasteiger partial charge in [-0.25, -0.2) is 0 Å². The zero-order valence-electron chi connectivity index (χ0n) is 24.1. The summed E-state index contributed by atoms with van der Waals surface area (Å²) in [4.78, 5) is 0. The summed E-state index contributed by atoms with van der Waals surface area (Å²) < 4.78 is 13.1. The Kier molecular flexibility index (Phi) is 6.02. The van der Waals surface area contributed by atoms with Crippen LogP contribution < -0.4 is 5.46 Å². The lowest BCUT2D eigenvalue weighted by molar-refractivity contribution is 0.00578. The van der Waals surface area contributed by atoms with Gasteiger partial charge >= 0.3 is 7.12 Å². The van der Waals surface area contributed by atoms with Gasteiger partial charge in [-0.3, -0.25) is 0 Å². The first-order valence-electron chi connectivity index (χ1n) is 14.0. The fraction of sp³-hybridized carbons (Fsp3) is 0.278. The molecule has 6 rings (SSSR count). The molecule has 0 atom stereocenters. The second-order valence-corrected chi connectivity index (χ2v) is 12.8. The first-order chi connectivity index (χ1) is 18.5. The smallest absolute Gasteiger partial charge is 0.399 e. The fourth-order valence-electron chi connectivity index (χ4n) is 5.77. The number of hydrogen-bond acceptors (Lipinski definition) is 2. The van der Waals surface area contributed by atoms with Gasteiger partial charge in [0.25, 0.3) is 0 Å². The van der Waals surface area contributed by atoms with E-state index in [0.29, 0.717) is 0 Å². The Labute approximate surface area is 233 Å².